The number of rotatable bonds is 6. The van der Waals surface area contributed by atoms with E-state index in [1.165, 1.54) is 17.0 Å². The average molecular weight is 271 g/mol. The number of halogens is 2. The summed E-state index contributed by atoms with van der Waals surface area (Å²) < 4.78 is 28.0. The van der Waals surface area contributed by atoms with Gasteiger partial charge >= 0.3 is 0 Å². The van der Waals surface area contributed by atoms with Gasteiger partial charge in [-0.15, -0.1) is 0 Å². The Hall–Kier alpha value is -1.69. The zero-order valence-corrected chi connectivity index (χ0v) is 11.1. The fraction of sp³-hybridized carbons (Fsp3) is 0.462. The largest absolute Gasteiger partial charge is 0.409 e. The minimum Gasteiger partial charge on any atom is -0.409 e. The maximum atomic E-state index is 14.0. The van der Waals surface area contributed by atoms with Crippen molar-refractivity contribution in [2.24, 2.45) is 16.8 Å². The van der Waals surface area contributed by atoms with Crippen molar-refractivity contribution in [3.63, 3.8) is 0 Å². The molecule has 0 aliphatic heterocycles. The summed E-state index contributed by atoms with van der Waals surface area (Å²) >= 11 is 0. The number of benzene rings is 1. The number of likely N-dealkylation sites (N-methyl/N-ethyl adjacent to an activating group) is 1. The Balaban J connectivity index is 2.63. The van der Waals surface area contributed by atoms with Crippen molar-refractivity contribution in [2.45, 2.75) is 12.8 Å². The lowest BCUT2D eigenvalue weighted by Crippen LogP contribution is -2.38. The highest BCUT2D eigenvalue weighted by Crippen LogP contribution is 2.28. The van der Waals surface area contributed by atoms with E-state index in [1.54, 1.807) is 32.2 Å². The topological polar surface area (TPSA) is 61.8 Å². The molecule has 0 amide bonds. The standard InChI is InChI=1S/C13H19F2N3O/c1-10(12(16)17-19)8-18(2)9-13(14,15)11-6-4-3-5-7-11/h3-7,10,19H,8-9H2,1-2H3,(H2,16,17). The lowest BCUT2D eigenvalue weighted by atomic mass is 10.1. The van der Waals surface area contributed by atoms with Crippen LogP contribution in [0.4, 0.5) is 8.78 Å². The summed E-state index contributed by atoms with van der Waals surface area (Å²) in [5.41, 5.74) is 5.41. The van der Waals surface area contributed by atoms with Crippen LogP contribution in [0.25, 0.3) is 0 Å². The second-order valence-electron chi connectivity index (χ2n) is 4.69. The highest BCUT2D eigenvalue weighted by Gasteiger charge is 2.33. The van der Waals surface area contributed by atoms with E-state index in [0.717, 1.165) is 0 Å². The zero-order chi connectivity index (χ0) is 14.5. The molecular formula is C13H19F2N3O. The van der Waals surface area contributed by atoms with Gasteiger partial charge in [-0.25, -0.2) is 0 Å². The van der Waals surface area contributed by atoms with Crippen molar-refractivity contribution in [1.82, 2.24) is 4.90 Å². The lowest BCUT2D eigenvalue weighted by Gasteiger charge is -2.26. The van der Waals surface area contributed by atoms with Gasteiger partial charge in [-0.05, 0) is 7.05 Å². The van der Waals surface area contributed by atoms with E-state index < -0.39 is 12.5 Å². The Morgan fingerprint density at radius 1 is 1.42 bits per heavy atom. The number of hydrogen-bond donors (Lipinski definition) is 2. The van der Waals surface area contributed by atoms with Gasteiger partial charge in [-0.1, -0.05) is 42.4 Å². The van der Waals surface area contributed by atoms with Crippen molar-refractivity contribution >= 4 is 5.84 Å². The SMILES string of the molecule is CC(CN(C)CC(F)(F)c1ccccc1)/C(N)=N/O. The van der Waals surface area contributed by atoms with Crippen LogP contribution in [-0.2, 0) is 5.92 Å². The molecule has 0 spiro atoms. The van der Waals surface area contributed by atoms with E-state index in [1.807, 2.05) is 0 Å². The Bertz CT molecular complexity index is 423. The van der Waals surface area contributed by atoms with E-state index in [0.29, 0.717) is 0 Å². The summed E-state index contributed by atoms with van der Waals surface area (Å²) in [5.74, 6) is -3.18. The van der Waals surface area contributed by atoms with Gasteiger partial charge in [0, 0.05) is 18.0 Å². The summed E-state index contributed by atoms with van der Waals surface area (Å²) in [4.78, 5) is 1.47. The Labute approximate surface area is 111 Å². The fourth-order valence-corrected chi connectivity index (χ4v) is 1.84. The first-order valence-electron chi connectivity index (χ1n) is 5.96. The highest BCUT2D eigenvalue weighted by atomic mass is 19.3. The molecule has 0 saturated heterocycles. The maximum Gasteiger partial charge on any atom is 0.285 e. The molecule has 1 aromatic carbocycles. The first-order chi connectivity index (χ1) is 8.86. The second kappa shape index (κ2) is 6.47. The molecule has 0 aromatic heterocycles. The molecule has 0 fully saturated rings. The van der Waals surface area contributed by atoms with E-state index in [2.05, 4.69) is 5.16 Å². The monoisotopic (exact) mass is 271 g/mol. The quantitative estimate of drug-likeness (QED) is 0.360. The van der Waals surface area contributed by atoms with Crippen LogP contribution < -0.4 is 5.73 Å². The molecule has 4 nitrogen and oxygen atoms in total. The molecule has 1 unspecified atom stereocenters. The molecule has 1 atom stereocenters. The second-order valence-corrected chi connectivity index (χ2v) is 4.69. The highest BCUT2D eigenvalue weighted by molar-refractivity contribution is 5.82. The van der Waals surface area contributed by atoms with Crippen LogP contribution in [0.15, 0.2) is 35.5 Å². The van der Waals surface area contributed by atoms with Crippen LogP contribution in [0.1, 0.15) is 12.5 Å². The predicted octanol–water partition coefficient (Wildman–Crippen LogP) is 2.09. The summed E-state index contributed by atoms with van der Waals surface area (Å²) in [6.07, 6.45) is 0. The van der Waals surface area contributed by atoms with Crippen molar-refractivity contribution in [2.75, 3.05) is 20.1 Å². The predicted molar refractivity (Wildman–Crippen MR) is 70.4 cm³/mol. The van der Waals surface area contributed by atoms with Crippen molar-refractivity contribution in [3.05, 3.63) is 35.9 Å². The van der Waals surface area contributed by atoms with Crippen molar-refractivity contribution in [1.29, 1.82) is 0 Å². The Kier molecular flexibility index (Phi) is 5.23. The van der Waals surface area contributed by atoms with Gasteiger partial charge in [0.15, 0.2) is 0 Å². The molecule has 19 heavy (non-hydrogen) atoms. The molecule has 1 rings (SSSR count). The average Bonchev–Trinajstić information content (AvgIpc) is 2.38. The van der Waals surface area contributed by atoms with Gasteiger partial charge in [0.05, 0.1) is 6.54 Å². The lowest BCUT2D eigenvalue weighted by molar-refractivity contribution is -0.0331. The number of nitrogens with zero attached hydrogens (tertiary/aromatic N) is 2. The number of amidine groups is 1. The number of hydrogen-bond acceptors (Lipinski definition) is 3. The van der Waals surface area contributed by atoms with E-state index in [4.69, 9.17) is 10.9 Å². The third-order valence-electron chi connectivity index (χ3n) is 2.87. The molecule has 0 bridgehead atoms. The smallest absolute Gasteiger partial charge is 0.285 e. The van der Waals surface area contributed by atoms with Crippen LogP contribution in [0.5, 0.6) is 0 Å². The molecule has 0 radical (unpaired) electrons. The molecule has 6 heteroatoms. The molecule has 0 saturated carbocycles. The molecule has 3 N–H and O–H groups in total. The maximum absolute atomic E-state index is 14.0. The van der Waals surface area contributed by atoms with Crippen molar-refractivity contribution in [3.8, 4) is 0 Å². The summed E-state index contributed by atoms with van der Waals surface area (Å²) in [6, 6.07) is 7.68. The molecule has 1 aromatic rings. The van der Waals surface area contributed by atoms with E-state index in [9.17, 15) is 8.78 Å². The normalized spacial score (nSPS) is 14.7. The number of nitrogens with two attached hydrogens (primary N) is 1. The summed E-state index contributed by atoms with van der Waals surface area (Å²) in [7, 11) is 1.58. The first-order valence-corrected chi connectivity index (χ1v) is 5.96. The fourth-order valence-electron chi connectivity index (χ4n) is 1.84. The molecule has 0 aliphatic carbocycles. The number of alkyl halides is 2. The van der Waals surface area contributed by atoms with Gasteiger partial charge in [-0.3, -0.25) is 4.90 Å². The van der Waals surface area contributed by atoms with Crippen LogP contribution in [-0.4, -0.2) is 36.1 Å². The number of oxime groups is 1. The van der Waals surface area contributed by atoms with Gasteiger partial charge < -0.3 is 10.9 Å². The zero-order valence-electron chi connectivity index (χ0n) is 11.1. The minimum absolute atomic E-state index is 0.0155. The van der Waals surface area contributed by atoms with Crippen LogP contribution in [0, 0.1) is 5.92 Å². The van der Waals surface area contributed by atoms with Crippen LogP contribution >= 0.6 is 0 Å². The molecule has 0 aliphatic rings. The third-order valence-corrected chi connectivity index (χ3v) is 2.87. The Morgan fingerprint density at radius 3 is 2.53 bits per heavy atom. The van der Waals surface area contributed by atoms with Gasteiger partial charge in [0.25, 0.3) is 5.92 Å². The van der Waals surface area contributed by atoms with Crippen LogP contribution in [0.3, 0.4) is 0 Å². The van der Waals surface area contributed by atoms with Gasteiger partial charge in [-0.2, -0.15) is 8.78 Å². The first kappa shape index (κ1) is 15.4. The summed E-state index contributed by atoms with van der Waals surface area (Å²) in [5, 5.41) is 11.4. The summed E-state index contributed by atoms with van der Waals surface area (Å²) in [6.45, 7) is 1.59. The van der Waals surface area contributed by atoms with E-state index >= 15 is 0 Å². The molecule has 106 valence electrons. The molecular weight excluding hydrogens is 252 g/mol. The van der Waals surface area contributed by atoms with Gasteiger partial charge in [0.1, 0.15) is 5.84 Å². The Morgan fingerprint density at radius 2 is 2.00 bits per heavy atom. The molecule has 0 heterocycles. The third kappa shape index (κ3) is 4.48. The van der Waals surface area contributed by atoms with E-state index in [-0.39, 0.29) is 23.9 Å². The minimum atomic E-state index is -2.93. The van der Waals surface area contributed by atoms with Crippen molar-refractivity contribution < 1.29 is 14.0 Å². The van der Waals surface area contributed by atoms with Crippen LogP contribution in [0.2, 0.25) is 0 Å². The van der Waals surface area contributed by atoms with Gasteiger partial charge in [0.2, 0.25) is 0 Å².